The topological polar surface area (TPSA) is 44.4 Å². The molecule has 0 bridgehead atoms. The van der Waals surface area contributed by atoms with Crippen molar-refractivity contribution in [3.8, 4) is 0 Å². The van der Waals surface area contributed by atoms with Gasteiger partial charge in [-0.2, -0.15) is 0 Å². The molecule has 0 aromatic carbocycles. The lowest BCUT2D eigenvalue weighted by Crippen LogP contribution is -2.32. The van der Waals surface area contributed by atoms with E-state index in [0.717, 1.165) is 25.3 Å². The molecular formula is C15H25N3OS. The van der Waals surface area contributed by atoms with Gasteiger partial charge in [0, 0.05) is 31.4 Å². The fourth-order valence-corrected chi connectivity index (χ4v) is 3.38. The Morgan fingerprint density at radius 1 is 1.30 bits per heavy atom. The Labute approximate surface area is 125 Å². The van der Waals surface area contributed by atoms with Crippen LogP contribution < -0.4 is 10.6 Å². The largest absolute Gasteiger partial charge is 0.325 e. The van der Waals surface area contributed by atoms with Crippen LogP contribution in [0.2, 0.25) is 0 Å². The number of anilines is 1. The van der Waals surface area contributed by atoms with Crippen LogP contribution in [-0.4, -0.2) is 37.0 Å². The van der Waals surface area contributed by atoms with E-state index in [-0.39, 0.29) is 5.91 Å². The van der Waals surface area contributed by atoms with Crippen molar-refractivity contribution in [3.05, 3.63) is 16.3 Å². The standard InChI is InChI=1S/C15H25N3OS/c1-13(19)17-14-6-11-20-15(14)12-16-7-10-18-8-4-2-3-5-9-18/h6,11,16H,2-5,7-10,12H2,1H3,(H,17,19). The molecule has 0 unspecified atom stereocenters. The third-order valence-corrected chi connectivity index (χ3v) is 4.57. The summed E-state index contributed by atoms with van der Waals surface area (Å²) in [4.78, 5) is 14.9. The van der Waals surface area contributed by atoms with Gasteiger partial charge >= 0.3 is 0 Å². The van der Waals surface area contributed by atoms with E-state index in [9.17, 15) is 4.79 Å². The lowest BCUT2D eigenvalue weighted by Gasteiger charge is -2.19. The van der Waals surface area contributed by atoms with Gasteiger partial charge in [0.05, 0.1) is 5.69 Å². The Hall–Kier alpha value is -0.910. The lowest BCUT2D eigenvalue weighted by molar-refractivity contribution is -0.114. The second kappa shape index (κ2) is 8.39. The van der Waals surface area contributed by atoms with E-state index < -0.39 is 0 Å². The Balaban J connectivity index is 1.67. The number of likely N-dealkylation sites (tertiary alicyclic amines) is 1. The van der Waals surface area contributed by atoms with Gasteiger partial charge in [0.2, 0.25) is 5.91 Å². The maximum absolute atomic E-state index is 11.1. The van der Waals surface area contributed by atoms with Gasteiger partial charge in [-0.15, -0.1) is 11.3 Å². The zero-order valence-electron chi connectivity index (χ0n) is 12.3. The SMILES string of the molecule is CC(=O)Nc1ccsc1CNCCN1CCCCCC1. The van der Waals surface area contributed by atoms with Gasteiger partial charge in [-0.3, -0.25) is 4.79 Å². The molecule has 2 N–H and O–H groups in total. The molecule has 20 heavy (non-hydrogen) atoms. The van der Waals surface area contributed by atoms with Crippen LogP contribution in [0.3, 0.4) is 0 Å². The third kappa shape index (κ3) is 5.23. The minimum atomic E-state index is -0.00535. The first-order valence-electron chi connectivity index (χ1n) is 7.53. The number of carbonyl (C=O) groups is 1. The number of thiophene rings is 1. The summed E-state index contributed by atoms with van der Waals surface area (Å²) in [6.07, 6.45) is 5.47. The van der Waals surface area contributed by atoms with Gasteiger partial charge in [0.1, 0.15) is 0 Å². The highest BCUT2D eigenvalue weighted by Gasteiger charge is 2.09. The fraction of sp³-hybridized carbons (Fsp3) is 0.667. The smallest absolute Gasteiger partial charge is 0.221 e. The van der Waals surface area contributed by atoms with Crippen LogP contribution in [0.5, 0.6) is 0 Å². The minimum absolute atomic E-state index is 0.00535. The normalized spacial score (nSPS) is 16.9. The Bertz CT molecular complexity index is 411. The van der Waals surface area contributed by atoms with Crippen molar-refractivity contribution >= 4 is 22.9 Å². The molecule has 0 atom stereocenters. The number of nitrogens with zero attached hydrogens (tertiary/aromatic N) is 1. The second-order valence-corrected chi connectivity index (χ2v) is 6.37. The molecule has 2 heterocycles. The second-order valence-electron chi connectivity index (χ2n) is 5.37. The molecule has 1 saturated heterocycles. The molecule has 1 aromatic rings. The van der Waals surface area contributed by atoms with Crippen LogP contribution in [0.1, 0.15) is 37.5 Å². The number of rotatable bonds is 6. The third-order valence-electron chi connectivity index (χ3n) is 3.65. The van der Waals surface area contributed by atoms with Gasteiger partial charge in [-0.25, -0.2) is 0 Å². The molecule has 5 heteroatoms. The summed E-state index contributed by atoms with van der Waals surface area (Å²) in [5.74, 6) is -0.00535. The molecule has 1 aliphatic heterocycles. The lowest BCUT2D eigenvalue weighted by atomic mass is 10.2. The van der Waals surface area contributed by atoms with Crippen LogP contribution in [-0.2, 0) is 11.3 Å². The Kier molecular flexibility index (Phi) is 6.50. The Morgan fingerprint density at radius 2 is 2.05 bits per heavy atom. The summed E-state index contributed by atoms with van der Waals surface area (Å²) in [6.45, 7) is 7.02. The highest BCUT2D eigenvalue weighted by Crippen LogP contribution is 2.21. The quantitative estimate of drug-likeness (QED) is 0.793. The van der Waals surface area contributed by atoms with E-state index in [2.05, 4.69) is 15.5 Å². The number of carbonyl (C=O) groups excluding carboxylic acids is 1. The van der Waals surface area contributed by atoms with Crippen LogP contribution in [0, 0.1) is 0 Å². The molecule has 1 aromatic heterocycles. The van der Waals surface area contributed by atoms with Gasteiger partial charge in [-0.05, 0) is 37.4 Å². The van der Waals surface area contributed by atoms with Crippen LogP contribution >= 0.6 is 11.3 Å². The monoisotopic (exact) mass is 295 g/mol. The summed E-state index contributed by atoms with van der Waals surface area (Å²) < 4.78 is 0. The molecule has 112 valence electrons. The first-order chi connectivity index (χ1) is 9.75. The molecule has 2 rings (SSSR count). The molecule has 1 aliphatic rings. The molecule has 0 aliphatic carbocycles. The maximum Gasteiger partial charge on any atom is 0.221 e. The highest BCUT2D eigenvalue weighted by atomic mass is 32.1. The van der Waals surface area contributed by atoms with Crippen molar-refractivity contribution in [1.82, 2.24) is 10.2 Å². The van der Waals surface area contributed by atoms with Crippen molar-refractivity contribution in [1.29, 1.82) is 0 Å². The van der Waals surface area contributed by atoms with Gasteiger partial charge in [-0.1, -0.05) is 12.8 Å². The number of nitrogens with one attached hydrogen (secondary N) is 2. The summed E-state index contributed by atoms with van der Waals surface area (Å²) in [5, 5.41) is 8.38. The van der Waals surface area contributed by atoms with E-state index >= 15 is 0 Å². The van der Waals surface area contributed by atoms with E-state index in [1.165, 1.54) is 43.6 Å². The van der Waals surface area contributed by atoms with Crippen molar-refractivity contribution in [3.63, 3.8) is 0 Å². The average molecular weight is 295 g/mol. The van der Waals surface area contributed by atoms with Crippen LogP contribution in [0.25, 0.3) is 0 Å². The maximum atomic E-state index is 11.1. The van der Waals surface area contributed by atoms with Crippen molar-refractivity contribution in [2.24, 2.45) is 0 Å². The van der Waals surface area contributed by atoms with E-state index in [1.54, 1.807) is 18.3 Å². The summed E-state index contributed by atoms with van der Waals surface area (Å²) in [6, 6.07) is 1.97. The summed E-state index contributed by atoms with van der Waals surface area (Å²) in [7, 11) is 0. The first-order valence-corrected chi connectivity index (χ1v) is 8.40. The molecule has 0 spiro atoms. The van der Waals surface area contributed by atoms with Gasteiger partial charge < -0.3 is 15.5 Å². The highest BCUT2D eigenvalue weighted by molar-refractivity contribution is 7.10. The predicted molar refractivity (Wildman–Crippen MR) is 85.2 cm³/mol. The summed E-state index contributed by atoms with van der Waals surface area (Å²) >= 11 is 1.69. The minimum Gasteiger partial charge on any atom is -0.325 e. The molecule has 4 nitrogen and oxygen atoms in total. The number of hydrogen-bond acceptors (Lipinski definition) is 4. The van der Waals surface area contributed by atoms with Crippen LogP contribution in [0.15, 0.2) is 11.4 Å². The van der Waals surface area contributed by atoms with Crippen molar-refractivity contribution < 1.29 is 4.79 Å². The zero-order chi connectivity index (χ0) is 14.2. The Morgan fingerprint density at radius 3 is 2.75 bits per heavy atom. The first kappa shape index (κ1) is 15.5. The zero-order valence-corrected chi connectivity index (χ0v) is 13.1. The van der Waals surface area contributed by atoms with Gasteiger partial charge in [0.25, 0.3) is 0 Å². The van der Waals surface area contributed by atoms with Crippen LogP contribution in [0.4, 0.5) is 5.69 Å². The van der Waals surface area contributed by atoms with E-state index in [1.807, 2.05) is 11.4 Å². The van der Waals surface area contributed by atoms with Crippen molar-refractivity contribution in [2.75, 3.05) is 31.5 Å². The summed E-state index contributed by atoms with van der Waals surface area (Å²) in [5.41, 5.74) is 0.949. The number of amides is 1. The molecule has 1 fully saturated rings. The predicted octanol–water partition coefficient (Wildman–Crippen LogP) is 2.67. The average Bonchev–Trinajstić information content (AvgIpc) is 2.69. The van der Waals surface area contributed by atoms with E-state index in [0.29, 0.717) is 0 Å². The van der Waals surface area contributed by atoms with Gasteiger partial charge in [0.15, 0.2) is 0 Å². The molecule has 0 saturated carbocycles. The van der Waals surface area contributed by atoms with Crippen molar-refractivity contribution in [2.45, 2.75) is 39.2 Å². The number of hydrogen-bond donors (Lipinski definition) is 2. The molecule has 0 radical (unpaired) electrons. The molecule has 1 amide bonds. The molecular weight excluding hydrogens is 270 g/mol. The van der Waals surface area contributed by atoms with E-state index in [4.69, 9.17) is 0 Å². The fourth-order valence-electron chi connectivity index (χ4n) is 2.58.